The van der Waals surface area contributed by atoms with Crippen molar-refractivity contribution in [1.82, 2.24) is 0 Å². The van der Waals surface area contributed by atoms with Crippen molar-refractivity contribution in [1.29, 1.82) is 0 Å². The second kappa shape index (κ2) is 32.7. The first-order valence-electron chi connectivity index (χ1n) is 19.5. The molecule has 0 aromatic carbocycles. The molecule has 0 saturated heterocycles. The number of nitrogens with zero attached hydrogens (tertiary/aromatic N) is 1. The number of carbonyl (C=O) groups is 3. The number of carbonyl (C=O) groups excluding carboxylic acids is 3. The first kappa shape index (κ1) is 46.5. The molecular formula is C41H73NO7. The Bertz CT molecular complexity index is 906. The molecule has 284 valence electrons. The van der Waals surface area contributed by atoms with Crippen LogP contribution < -0.4 is 5.11 Å². The highest BCUT2D eigenvalue weighted by molar-refractivity contribution is 5.70. The lowest BCUT2D eigenvalue weighted by atomic mass is 10.1. The summed E-state index contributed by atoms with van der Waals surface area (Å²) in [7, 11) is 5.38. The van der Waals surface area contributed by atoms with E-state index in [1.165, 1.54) is 57.8 Å². The predicted molar refractivity (Wildman–Crippen MR) is 199 cm³/mol. The van der Waals surface area contributed by atoms with Gasteiger partial charge in [-0.05, 0) is 64.2 Å². The average molecular weight is 692 g/mol. The van der Waals surface area contributed by atoms with Gasteiger partial charge in [0.15, 0.2) is 6.10 Å². The van der Waals surface area contributed by atoms with E-state index in [2.05, 4.69) is 50.3 Å². The van der Waals surface area contributed by atoms with E-state index < -0.39 is 18.1 Å². The number of esters is 2. The normalized spacial score (nSPS) is 13.4. The minimum atomic E-state index is -1.13. The third-order valence-corrected chi connectivity index (χ3v) is 8.51. The van der Waals surface area contributed by atoms with Crippen LogP contribution in [0.25, 0.3) is 0 Å². The zero-order chi connectivity index (χ0) is 36.4. The number of ether oxygens (including phenoxy) is 3. The molecule has 0 rings (SSSR count). The maximum absolute atomic E-state index is 12.6. The molecule has 0 radical (unpaired) electrons. The van der Waals surface area contributed by atoms with Gasteiger partial charge in [-0.2, -0.15) is 0 Å². The van der Waals surface area contributed by atoms with Gasteiger partial charge in [-0.1, -0.05) is 108 Å². The van der Waals surface area contributed by atoms with E-state index in [0.29, 0.717) is 12.8 Å². The SMILES string of the molecule is CC/C=C/C/C=C/CCCCC(=O)OC(COCCC(C(=O)[O-])[N+](C)(C)C)COC(=O)CCCCCCC/C=C/CCCCCCCCC. The monoisotopic (exact) mass is 692 g/mol. The standard InChI is InChI=1S/C41H73NO7/c1-6-8-10-12-14-16-17-18-19-20-21-22-24-25-27-29-31-39(43)48-36-37(35-47-34-33-38(41(45)46)42(3,4)5)49-40(44)32-30-28-26-23-15-13-11-9-7-2/h9,11,15,19-20,23,37-38H,6-8,10,12-14,16-18,21-22,24-36H2,1-5H3/b11-9+,20-19+,23-15+. The summed E-state index contributed by atoms with van der Waals surface area (Å²) in [6.45, 7) is 4.47. The maximum Gasteiger partial charge on any atom is 0.306 e. The second-order valence-electron chi connectivity index (χ2n) is 14.1. The molecule has 0 aromatic rings. The zero-order valence-corrected chi connectivity index (χ0v) is 32.1. The van der Waals surface area contributed by atoms with Crippen LogP contribution >= 0.6 is 0 Å². The van der Waals surface area contributed by atoms with Crippen molar-refractivity contribution in [2.75, 3.05) is 41.0 Å². The average Bonchev–Trinajstić information content (AvgIpc) is 3.05. The summed E-state index contributed by atoms with van der Waals surface area (Å²) in [5.41, 5.74) is 0. The van der Waals surface area contributed by atoms with E-state index in [4.69, 9.17) is 14.2 Å². The van der Waals surface area contributed by atoms with Crippen molar-refractivity contribution < 1.29 is 38.2 Å². The Morgan fingerprint density at radius 3 is 1.73 bits per heavy atom. The summed E-state index contributed by atoms with van der Waals surface area (Å²) in [6, 6.07) is -0.730. The Balaban J connectivity index is 4.38. The number of carboxylic acids is 1. The number of hydrogen-bond donors (Lipinski definition) is 0. The number of allylic oxidation sites excluding steroid dienone is 6. The minimum Gasteiger partial charge on any atom is -0.544 e. The molecule has 2 unspecified atom stereocenters. The van der Waals surface area contributed by atoms with Gasteiger partial charge in [0.2, 0.25) is 0 Å². The molecule has 0 N–H and O–H groups in total. The van der Waals surface area contributed by atoms with E-state index >= 15 is 0 Å². The van der Waals surface area contributed by atoms with Crippen molar-refractivity contribution in [2.45, 2.75) is 167 Å². The van der Waals surface area contributed by atoms with Crippen molar-refractivity contribution in [2.24, 2.45) is 0 Å². The Labute approximate surface area is 300 Å². The van der Waals surface area contributed by atoms with Gasteiger partial charge in [0.25, 0.3) is 0 Å². The fourth-order valence-electron chi connectivity index (χ4n) is 5.45. The van der Waals surface area contributed by atoms with Crippen LogP contribution in [-0.2, 0) is 28.6 Å². The van der Waals surface area contributed by atoms with Crippen LogP contribution in [0, 0.1) is 0 Å². The number of unbranched alkanes of at least 4 members (excludes halogenated alkanes) is 14. The summed E-state index contributed by atoms with van der Waals surface area (Å²) in [6.07, 6.45) is 34.7. The van der Waals surface area contributed by atoms with Crippen LogP contribution in [0.15, 0.2) is 36.5 Å². The van der Waals surface area contributed by atoms with Crippen LogP contribution in [0.4, 0.5) is 0 Å². The van der Waals surface area contributed by atoms with Crippen molar-refractivity contribution in [3.63, 3.8) is 0 Å². The quantitative estimate of drug-likeness (QED) is 0.0288. The molecule has 0 fully saturated rings. The van der Waals surface area contributed by atoms with E-state index in [0.717, 1.165) is 57.8 Å². The highest BCUT2D eigenvalue weighted by atomic mass is 16.6. The molecule has 0 heterocycles. The number of rotatable bonds is 34. The fourth-order valence-corrected chi connectivity index (χ4v) is 5.45. The van der Waals surface area contributed by atoms with Gasteiger partial charge in [-0.3, -0.25) is 9.59 Å². The van der Waals surface area contributed by atoms with Gasteiger partial charge in [0.1, 0.15) is 12.6 Å². The number of likely N-dealkylation sites (N-methyl/N-ethyl adjacent to an activating group) is 1. The van der Waals surface area contributed by atoms with Crippen LogP contribution in [0.3, 0.4) is 0 Å². The molecule has 0 aliphatic heterocycles. The van der Waals surface area contributed by atoms with Crippen molar-refractivity contribution >= 4 is 17.9 Å². The molecule has 0 aliphatic carbocycles. The Kier molecular flexibility index (Phi) is 31.1. The summed E-state index contributed by atoms with van der Waals surface area (Å²) in [4.78, 5) is 36.6. The number of quaternary nitrogens is 1. The number of aliphatic carboxylic acids is 1. The summed E-state index contributed by atoms with van der Waals surface area (Å²) in [5, 5.41) is 11.6. The molecule has 0 amide bonds. The second-order valence-corrected chi connectivity index (χ2v) is 14.1. The molecular weight excluding hydrogens is 618 g/mol. The minimum absolute atomic E-state index is 0.0252. The van der Waals surface area contributed by atoms with Gasteiger partial charge in [-0.25, -0.2) is 0 Å². The first-order valence-corrected chi connectivity index (χ1v) is 19.5. The zero-order valence-electron chi connectivity index (χ0n) is 32.1. The summed E-state index contributed by atoms with van der Waals surface area (Å²) in [5.74, 6) is -1.80. The lowest BCUT2D eigenvalue weighted by Crippen LogP contribution is -2.55. The van der Waals surface area contributed by atoms with Gasteiger partial charge >= 0.3 is 11.9 Å². The molecule has 0 saturated carbocycles. The van der Waals surface area contributed by atoms with Gasteiger partial charge in [0, 0.05) is 19.3 Å². The van der Waals surface area contributed by atoms with Gasteiger partial charge < -0.3 is 28.6 Å². The lowest BCUT2D eigenvalue weighted by molar-refractivity contribution is -0.889. The summed E-state index contributed by atoms with van der Waals surface area (Å²) >= 11 is 0. The van der Waals surface area contributed by atoms with E-state index in [1.54, 1.807) is 21.1 Å². The molecule has 8 nitrogen and oxygen atoms in total. The molecule has 0 spiro atoms. The molecule has 2 atom stereocenters. The first-order chi connectivity index (χ1) is 23.6. The fraction of sp³-hybridized carbons (Fsp3) is 0.780. The van der Waals surface area contributed by atoms with Crippen LogP contribution in [0.1, 0.15) is 155 Å². The van der Waals surface area contributed by atoms with Crippen LogP contribution in [0.2, 0.25) is 0 Å². The third kappa shape index (κ3) is 31.3. The maximum atomic E-state index is 12.6. The topological polar surface area (TPSA) is 102 Å². The van der Waals surface area contributed by atoms with Gasteiger partial charge in [-0.15, -0.1) is 0 Å². The Morgan fingerprint density at radius 1 is 0.633 bits per heavy atom. The largest absolute Gasteiger partial charge is 0.544 e. The van der Waals surface area contributed by atoms with E-state index in [-0.39, 0.29) is 49.1 Å². The highest BCUT2D eigenvalue weighted by Gasteiger charge is 2.25. The van der Waals surface area contributed by atoms with Crippen LogP contribution in [-0.4, -0.2) is 75.5 Å². The molecule has 8 heteroatoms. The predicted octanol–water partition coefficient (Wildman–Crippen LogP) is 8.57. The van der Waals surface area contributed by atoms with Crippen molar-refractivity contribution in [3.05, 3.63) is 36.5 Å². The highest BCUT2D eigenvalue weighted by Crippen LogP contribution is 2.12. The Morgan fingerprint density at radius 2 is 1.14 bits per heavy atom. The van der Waals surface area contributed by atoms with E-state index in [1.807, 2.05) is 0 Å². The molecule has 49 heavy (non-hydrogen) atoms. The summed E-state index contributed by atoms with van der Waals surface area (Å²) < 4.78 is 17.0. The molecule has 0 bridgehead atoms. The third-order valence-electron chi connectivity index (χ3n) is 8.51. The smallest absolute Gasteiger partial charge is 0.306 e. The van der Waals surface area contributed by atoms with Crippen LogP contribution in [0.5, 0.6) is 0 Å². The Hall–Kier alpha value is -2.45. The number of carboxylic acid groups (broad SMARTS) is 1. The lowest BCUT2D eigenvalue weighted by Gasteiger charge is -2.34. The number of hydrogen-bond acceptors (Lipinski definition) is 7. The molecule has 0 aromatic heterocycles. The molecule has 0 aliphatic rings. The van der Waals surface area contributed by atoms with E-state index in [9.17, 15) is 19.5 Å². The van der Waals surface area contributed by atoms with Crippen molar-refractivity contribution in [3.8, 4) is 0 Å². The van der Waals surface area contributed by atoms with Gasteiger partial charge in [0.05, 0.1) is 40.3 Å².